The number of hydrogen-bond donors (Lipinski definition) is 2. The van der Waals surface area contributed by atoms with Crippen LogP contribution in [0.15, 0.2) is 91.0 Å². The summed E-state index contributed by atoms with van der Waals surface area (Å²) in [6.07, 6.45) is 6.52. The van der Waals surface area contributed by atoms with Crippen LogP contribution in [-0.4, -0.2) is 27.1 Å². The molecule has 40 heavy (non-hydrogen) atoms. The van der Waals surface area contributed by atoms with Crippen molar-refractivity contribution in [1.82, 2.24) is 4.98 Å². The van der Waals surface area contributed by atoms with E-state index in [1.165, 1.54) is 34.8 Å². The fraction of sp³-hybridized carbons (Fsp3) is 0. The highest BCUT2D eigenvalue weighted by molar-refractivity contribution is 7.08. The standard InChI is InChI=1S/C33H21NO4S2/c35-31(36)18-25-10-8-23(39-25)14-20-6-12-29-27(16-20)33(22-4-2-1-3-5-22)28-17-21(7-13-30(28)34-29)15-24-9-11-26(40-24)19-32(37)38/h1-19H,(H,35,36)(H,37,38)/b23-14+,24-15+,25-18+,26-19+. The molecule has 0 amide bonds. The molecule has 6 aromatic rings. The zero-order valence-electron chi connectivity index (χ0n) is 20.9. The zero-order valence-corrected chi connectivity index (χ0v) is 22.6. The van der Waals surface area contributed by atoms with Gasteiger partial charge < -0.3 is 10.2 Å². The van der Waals surface area contributed by atoms with Gasteiger partial charge in [-0.15, -0.1) is 22.7 Å². The van der Waals surface area contributed by atoms with E-state index in [1.54, 1.807) is 0 Å². The van der Waals surface area contributed by atoms with E-state index >= 15 is 0 Å². The quantitative estimate of drug-likeness (QED) is 0.302. The van der Waals surface area contributed by atoms with Crippen molar-refractivity contribution in [3.05, 3.63) is 120 Å². The number of fused-ring (bicyclic) bond motifs is 2. The van der Waals surface area contributed by atoms with Gasteiger partial charge in [-0.3, -0.25) is 0 Å². The van der Waals surface area contributed by atoms with Crippen LogP contribution in [0.2, 0.25) is 0 Å². The molecule has 0 spiro atoms. The Morgan fingerprint density at radius 1 is 0.600 bits per heavy atom. The van der Waals surface area contributed by atoms with Crippen molar-refractivity contribution in [3.63, 3.8) is 0 Å². The number of carboxylic acids is 2. The van der Waals surface area contributed by atoms with Gasteiger partial charge in [-0.2, -0.15) is 0 Å². The maximum atomic E-state index is 11.0. The first-order valence-corrected chi connectivity index (χ1v) is 14.0. The van der Waals surface area contributed by atoms with E-state index in [0.717, 1.165) is 53.1 Å². The van der Waals surface area contributed by atoms with E-state index in [0.29, 0.717) is 9.06 Å². The average molecular weight is 560 g/mol. The Balaban J connectivity index is 1.56. The number of carboxylic acid groups (broad SMARTS) is 2. The fourth-order valence-corrected chi connectivity index (χ4v) is 6.49. The number of pyridine rings is 1. The van der Waals surface area contributed by atoms with E-state index in [1.807, 2.05) is 66.7 Å². The first kappa shape index (κ1) is 25.4. The molecule has 3 aromatic heterocycles. The van der Waals surface area contributed by atoms with E-state index < -0.39 is 11.9 Å². The molecule has 0 saturated heterocycles. The van der Waals surface area contributed by atoms with Crippen LogP contribution >= 0.6 is 22.7 Å². The van der Waals surface area contributed by atoms with Crippen molar-refractivity contribution < 1.29 is 19.8 Å². The lowest BCUT2D eigenvalue weighted by atomic mass is 9.94. The Morgan fingerprint density at radius 3 is 1.55 bits per heavy atom. The van der Waals surface area contributed by atoms with Crippen LogP contribution in [0.1, 0.15) is 11.1 Å². The molecule has 0 bridgehead atoms. The smallest absolute Gasteiger partial charge is 0.329 e. The molecule has 0 aliphatic carbocycles. The highest BCUT2D eigenvalue weighted by Crippen LogP contribution is 2.36. The van der Waals surface area contributed by atoms with Gasteiger partial charge in [0.1, 0.15) is 0 Å². The lowest BCUT2D eigenvalue weighted by Crippen LogP contribution is -1.98. The Bertz CT molecular complexity index is 2040. The van der Waals surface area contributed by atoms with Crippen LogP contribution in [0.4, 0.5) is 0 Å². The van der Waals surface area contributed by atoms with Crippen LogP contribution in [0, 0.1) is 0 Å². The van der Waals surface area contributed by atoms with E-state index in [-0.39, 0.29) is 0 Å². The molecule has 194 valence electrons. The minimum absolute atomic E-state index is 0.694. The summed E-state index contributed by atoms with van der Waals surface area (Å²) in [6.45, 7) is 0. The predicted molar refractivity (Wildman–Crippen MR) is 163 cm³/mol. The second-order valence-corrected chi connectivity index (χ2v) is 11.4. The van der Waals surface area contributed by atoms with Gasteiger partial charge in [0.05, 0.1) is 11.0 Å². The molecule has 0 fully saturated rings. The highest BCUT2D eigenvalue weighted by atomic mass is 32.1. The minimum Gasteiger partial charge on any atom is -0.478 e. The molecule has 0 aliphatic rings. The lowest BCUT2D eigenvalue weighted by Gasteiger charge is -2.13. The third-order valence-corrected chi connectivity index (χ3v) is 8.29. The maximum absolute atomic E-state index is 11.0. The number of hydrogen-bond acceptors (Lipinski definition) is 5. The maximum Gasteiger partial charge on any atom is 0.329 e. The van der Waals surface area contributed by atoms with Crippen molar-refractivity contribution >= 4 is 80.7 Å². The molecule has 6 rings (SSSR count). The second-order valence-electron chi connectivity index (χ2n) is 9.14. The molecule has 0 saturated carbocycles. The number of aliphatic carboxylic acids is 2. The van der Waals surface area contributed by atoms with Crippen LogP contribution in [0.25, 0.3) is 57.2 Å². The van der Waals surface area contributed by atoms with E-state index in [4.69, 9.17) is 15.2 Å². The zero-order chi connectivity index (χ0) is 27.6. The summed E-state index contributed by atoms with van der Waals surface area (Å²) in [4.78, 5) is 27.0. The van der Waals surface area contributed by atoms with Gasteiger partial charge in [0.15, 0.2) is 0 Å². The molecule has 3 aromatic carbocycles. The molecule has 0 atom stereocenters. The Morgan fingerprint density at radius 2 is 1.07 bits per heavy atom. The number of nitrogens with zero attached hydrogens (tertiary/aromatic N) is 1. The number of thiophene rings is 2. The minimum atomic E-state index is -0.959. The van der Waals surface area contributed by atoms with Crippen molar-refractivity contribution in [1.29, 1.82) is 0 Å². The number of rotatable bonds is 5. The Hall–Kier alpha value is -4.85. The van der Waals surface area contributed by atoms with Gasteiger partial charge in [0, 0.05) is 46.6 Å². The summed E-state index contributed by atoms with van der Waals surface area (Å²) in [7, 11) is 0. The highest BCUT2D eigenvalue weighted by Gasteiger charge is 2.12. The van der Waals surface area contributed by atoms with Gasteiger partial charge in [-0.25, -0.2) is 14.6 Å². The van der Waals surface area contributed by atoms with Gasteiger partial charge in [-0.05, 0) is 77.4 Å². The van der Waals surface area contributed by atoms with Crippen molar-refractivity contribution in [2.45, 2.75) is 0 Å². The summed E-state index contributed by atoms with van der Waals surface area (Å²) in [5, 5.41) is 20.1. The van der Waals surface area contributed by atoms with Crippen LogP contribution in [-0.2, 0) is 9.59 Å². The molecule has 7 heteroatoms. The molecule has 0 aliphatic heterocycles. The van der Waals surface area contributed by atoms with Gasteiger partial charge in [0.25, 0.3) is 0 Å². The summed E-state index contributed by atoms with van der Waals surface area (Å²) in [5.41, 5.74) is 5.94. The summed E-state index contributed by atoms with van der Waals surface area (Å²) >= 11 is 2.85. The van der Waals surface area contributed by atoms with Crippen molar-refractivity contribution in [2.75, 3.05) is 0 Å². The predicted octanol–water partition coefficient (Wildman–Crippen LogP) is 4.57. The van der Waals surface area contributed by atoms with Gasteiger partial charge in [0.2, 0.25) is 0 Å². The summed E-state index contributed by atoms with van der Waals surface area (Å²) in [5.74, 6) is -1.92. The largest absolute Gasteiger partial charge is 0.478 e. The van der Waals surface area contributed by atoms with Crippen LogP contribution in [0.5, 0.6) is 0 Å². The van der Waals surface area contributed by atoms with Gasteiger partial charge in [-0.1, -0.05) is 42.5 Å². The van der Waals surface area contributed by atoms with Crippen LogP contribution in [0.3, 0.4) is 0 Å². The average Bonchev–Trinajstić information content (AvgIpc) is 3.56. The van der Waals surface area contributed by atoms with E-state index in [9.17, 15) is 9.59 Å². The molecule has 3 heterocycles. The van der Waals surface area contributed by atoms with Crippen LogP contribution < -0.4 is 18.1 Å². The normalized spacial score (nSPS) is 13.5. The van der Waals surface area contributed by atoms with E-state index in [2.05, 4.69) is 36.4 Å². The molecule has 5 nitrogen and oxygen atoms in total. The van der Waals surface area contributed by atoms with Crippen molar-refractivity contribution in [2.24, 2.45) is 0 Å². The first-order valence-electron chi connectivity index (χ1n) is 12.4. The molecular weight excluding hydrogens is 539 g/mol. The number of benzene rings is 3. The summed E-state index contributed by atoms with van der Waals surface area (Å²) in [6, 6.07) is 30.1. The first-order chi connectivity index (χ1) is 19.4. The Labute approximate surface area is 236 Å². The third kappa shape index (κ3) is 5.47. The molecule has 0 unspecified atom stereocenters. The van der Waals surface area contributed by atoms with Gasteiger partial charge >= 0.3 is 11.9 Å². The lowest BCUT2D eigenvalue weighted by molar-refractivity contribution is -0.130. The Kier molecular flexibility index (Phi) is 6.82. The molecule has 0 radical (unpaired) electrons. The molecular formula is C33H21NO4S2. The fourth-order valence-electron chi connectivity index (χ4n) is 4.69. The SMILES string of the molecule is O=C(O)/C=c1\cc/c(=C\c2ccc3nc4ccc(/C=c5\cc/c(=C\C(=O)O)s5)cc4c(-c4ccccc4)c3c2)s1. The monoisotopic (exact) mass is 559 g/mol. The van der Waals surface area contributed by atoms with Crippen molar-refractivity contribution in [3.8, 4) is 11.1 Å². The second kappa shape index (κ2) is 10.7. The molecule has 2 N–H and O–H groups in total. The summed E-state index contributed by atoms with van der Waals surface area (Å²) < 4.78 is 3.32. The number of aromatic nitrogens is 1. The third-order valence-electron chi connectivity index (χ3n) is 6.33. The topological polar surface area (TPSA) is 87.5 Å². The number of carbonyl (C=O) groups is 2.